The van der Waals surface area contributed by atoms with E-state index in [1.165, 1.54) is 0 Å². The number of nitrogens with one attached hydrogen (secondary N) is 2. The van der Waals surface area contributed by atoms with Crippen LogP contribution in [0.1, 0.15) is 5.56 Å². The number of rotatable bonds is 3. The number of aryl methyl sites for hydroxylation is 1. The Morgan fingerprint density at radius 2 is 1.92 bits per heavy atom. The van der Waals surface area contributed by atoms with Gasteiger partial charge in [-0.25, -0.2) is 0 Å². The van der Waals surface area contributed by atoms with Crippen LogP contribution in [0.5, 0.6) is 11.5 Å². The Bertz CT molecular complexity index is 809. The third kappa shape index (κ3) is 4.30. The van der Waals surface area contributed by atoms with Crippen LogP contribution < -0.4 is 20.1 Å². The highest BCUT2D eigenvalue weighted by Crippen LogP contribution is 2.30. The van der Waals surface area contributed by atoms with Crippen molar-refractivity contribution in [2.45, 2.75) is 13.0 Å². The molecule has 1 aliphatic heterocycles. The molecule has 1 aliphatic rings. The summed E-state index contributed by atoms with van der Waals surface area (Å²) in [5.41, 5.74) is 1.52. The van der Waals surface area contributed by atoms with Crippen LogP contribution >= 0.6 is 15.9 Å². The van der Waals surface area contributed by atoms with Crippen LogP contribution in [0.3, 0.4) is 0 Å². The zero-order chi connectivity index (χ0) is 17.8. The van der Waals surface area contributed by atoms with Gasteiger partial charge in [0.25, 0.3) is 0 Å². The Morgan fingerprint density at radius 1 is 1.16 bits per heavy atom. The topological polar surface area (TPSA) is 76.7 Å². The highest BCUT2D eigenvalue weighted by Gasteiger charge is 2.22. The van der Waals surface area contributed by atoms with Crippen molar-refractivity contribution in [2.75, 3.05) is 18.5 Å². The Balaban J connectivity index is 1.51. The van der Waals surface area contributed by atoms with Crippen molar-refractivity contribution >= 4 is 33.4 Å². The molecule has 7 heteroatoms. The second kappa shape index (κ2) is 7.57. The molecule has 1 heterocycles. The summed E-state index contributed by atoms with van der Waals surface area (Å²) in [5, 5.41) is 5.13. The van der Waals surface area contributed by atoms with E-state index in [0.29, 0.717) is 23.8 Å². The molecule has 2 aromatic carbocycles. The average Bonchev–Trinajstić information content (AvgIpc) is 2.62. The molecule has 25 heavy (non-hydrogen) atoms. The van der Waals surface area contributed by atoms with E-state index in [4.69, 9.17) is 9.47 Å². The minimum absolute atomic E-state index is 0.181. The van der Waals surface area contributed by atoms with Gasteiger partial charge in [0.2, 0.25) is 0 Å². The molecule has 0 radical (unpaired) electrons. The summed E-state index contributed by atoms with van der Waals surface area (Å²) in [7, 11) is 0. The molecule has 0 saturated heterocycles. The highest BCUT2D eigenvalue weighted by molar-refractivity contribution is 9.10. The van der Waals surface area contributed by atoms with E-state index in [1.807, 2.05) is 31.2 Å². The maximum absolute atomic E-state index is 12.0. The van der Waals surface area contributed by atoms with Gasteiger partial charge in [-0.15, -0.1) is 0 Å². The monoisotopic (exact) mass is 404 g/mol. The fourth-order valence-corrected chi connectivity index (χ4v) is 2.61. The second-order valence-electron chi connectivity index (χ2n) is 5.63. The SMILES string of the molecule is Cc1cc(NC(=O)C(=O)NCC2COc3ccccc3O2)ccc1Br. The largest absolute Gasteiger partial charge is 0.486 e. The molecular weight excluding hydrogens is 388 g/mol. The van der Waals surface area contributed by atoms with E-state index in [-0.39, 0.29) is 12.6 Å². The minimum atomic E-state index is -0.723. The Hall–Kier alpha value is -2.54. The maximum Gasteiger partial charge on any atom is 0.313 e. The first-order chi connectivity index (χ1) is 12.0. The standard InChI is InChI=1S/C18H17BrN2O4/c1-11-8-12(6-7-14(11)19)21-18(23)17(22)20-9-13-10-24-15-4-2-3-5-16(15)25-13/h2-8,13H,9-10H2,1H3,(H,20,22)(H,21,23). The molecule has 0 aliphatic carbocycles. The van der Waals surface area contributed by atoms with Gasteiger partial charge in [-0.2, -0.15) is 0 Å². The minimum Gasteiger partial charge on any atom is -0.486 e. The third-order valence-electron chi connectivity index (χ3n) is 3.68. The van der Waals surface area contributed by atoms with Crippen molar-refractivity contribution in [2.24, 2.45) is 0 Å². The van der Waals surface area contributed by atoms with Crippen LogP contribution in [0, 0.1) is 6.92 Å². The number of ether oxygens (including phenoxy) is 2. The van der Waals surface area contributed by atoms with E-state index in [0.717, 1.165) is 10.0 Å². The zero-order valence-electron chi connectivity index (χ0n) is 13.5. The van der Waals surface area contributed by atoms with Crippen LogP contribution in [-0.2, 0) is 9.59 Å². The predicted molar refractivity (Wildman–Crippen MR) is 96.9 cm³/mol. The smallest absolute Gasteiger partial charge is 0.313 e. The van der Waals surface area contributed by atoms with Crippen LogP contribution in [0.15, 0.2) is 46.9 Å². The summed E-state index contributed by atoms with van der Waals surface area (Å²) in [6.45, 7) is 2.39. The van der Waals surface area contributed by atoms with Gasteiger partial charge < -0.3 is 20.1 Å². The number of halogens is 1. The Labute approximate surface area is 153 Å². The van der Waals surface area contributed by atoms with Gasteiger partial charge in [0.15, 0.2) is 11.5 Å². The van der Waals surface area contributed by atoms with Gasteiger partial charge in [-0.1, -0.05) is 28.1 Å². The lowest BCUT2D eigenvalue weighted by atomic mass is 10.2. The number of hydrogen-bond acceptors (Lipinski definition) is 4. The summed E-state index contributed by atoms with van der Waals surface area (Å²) >= 11 is 3.39. The molecular formula is C18H17BrN2O4. The maximum atomic E-state index is 12.0. The third-order valence-corrected chi connectivity index (χ3v) is 4.57. The average molecular weight is 405 g/mol. The number of carbonyl (C=O) groups excluding carboxylic acids is 2. The summed E-state index contributed by atoms with van der Waals surface area (Å²) in [5.74, 6) is -0.141. The molecule has 1 atom stereocenters. The lowest BCUT2D eigenvalue weighted by Gasteiger charge is -2.26. The lowest BCUT2D eigenvalue weighted by Crippen LogP contribution is -2.44. The van der Waals surface area contributed by atoms with E-state index in [2.05, 4.69) is 26.6 Å². The van der Waals surface area contributed by atoms with Gasteiger partial charge in [0.05, 0.1) is 6.54 Å². The first kappa shape index (κ1) is 17.3. The fraction of sp³-hybridized carbons (Fsp3) is 0.222. The van der Waals surface area contributed by atoms with Crippen molar-refractivity contribution in [3.63, 3.8) is 0 Å². The number of anilines is 1. The molecule has 2 N–H and O–H groups in total. The van der Waals surface area contributed by atoms with Crippen LogP contribution in [0.4, 0.5) is 5.69 Å². The number of fused-ring (bicyclic) bond motifs is 1. The summed E-state index contributed by atoms with van der Waals surface area (Å²) < 4.78 is 12.2. The van der Waals surface area contributed by atoms with Crippen molar-refractivity contribution in [3.8, 4) is 11.5 Å². The van der Waals surface area contributed by atoms with Crippen molar-refractivity contribution in [1.82, 2.24) is 5.32 Å². The second-order valence-corrected chi connectivity index (χ2v) is 6.48. The molecule has 3 rings (SSSR count). The molecule has 1 unspecified atom stereocenters. The molecule has 0 spiro atoms. The number of carbonyl (C=O) groups is 2. The van der Waals surface area contributed by atoms with Gasteiger partial charge >= 0.3 is 11.8 Å². The van der Waals surface area contributed by atoms with Crippen molar-refractivity contribution in [1.29, 1.82) is 0 Å². The molecule has 0 saturated carbocycles. The van der Waals surface area contributed by atoms with Gasteiger partial charge in [-0.05, 0) is 42.8 Å². The predicted octanol–water partition coefficient (Wildman–Crippen LogP) is 2.65. The fourth-order valence-electron chi connectivity index (χ4n) is 2.36. The first-order valence-electron chi connectivity index (χ1n) is 7.77. The Morgan fingerprint density at radius 3 is 2.68 bits per heavy atom. The van der Waals surface area contributed by atoms with E-state index in [9.17, 15) is 9.59 Å². The molecule has 2 aromatic rings. The summed E-state index contributed by atoms with van der Waals surface area (Å²) in [6, 6.07) is 12.6. The van der Waals surface area contributed by atoms with Crippen molar-refractivity contribution in [3.05, 3.63) is 52.5 Å². The molecule has 0 aromatic heterocycles. The number of para-hydroxylation sites is 2. The van der Waals surface area contributed by atoms with E-state index in [1.54, 1.807) is 18.2 Å². The normalized spacial score (nSPS) is 15.4. The summed E-state index contributed by atoms with van der Waals surface area (Å²) in [6.07, 6.45) is -0.346. The molecule has 130 valence electrons. The lowest BCUT2D eigenvalue weighted by molar-refractivity contribution is -0.136. The number of benzene rings is 2. The molecule has 0 bridgehead atoms. The molecule has 2 amide bonds. The summed E-state index contributed by atoms with van der Waals surface area (Å²) in [4.78, 5) is 23.9. The first-order valence-corrected chi connectivity index (χ1v) is 8.56. The van der Waals surface area contributed by atoms with Crippen LogP contribution in [0.2, 0.25) is 0 Å². The molecule has 0 fully saturated rings. The van der Waals surface area contributed by atoms with Crippen LogP contribution in [-0.4, -0.2) is 31.1 Å². The Kier molecular flexibility index (Phi) is 5.23. The van der Waals surface area contributed by atoms with Crippen molar-refractivity contribution < 1.29 is 19.1 Å². The number of amides is 2. The number of hydrogen-bond donors (Lipinski definition) is 2. The quantitative estimate of drug-likeness (QED) is 0.770. The highest BCUT2D eigenvalue weighted by atomic mass is 79.9. The van der Waals surface area contributed by atoms with E-state index < -0.39 is 11.8 Å². The van der Waals surface area contributed by atoms with Gasteiger partial charge in [0.1, 0.15) is 12.7 Å². The van der Waals surface area contributed by atoms with E-state index >= 15 is 0 Å². The van der Waals surface area contributed by atoms with Gasteiger partial charge in [-0.3, -0.25) is 9.59 Å². The van der Waals surface area contributed by atoms with Gasteiger partial charge in [0, 0.05) is 10.2 Å². The van der Waals surface area contributed by atoms with Crippen LogP contribution in [0.25, 0.3) is 0 Å². The zero-order valence-corrected chi connectivity index (χ0v) is 15.1. The molecule has 6 nitrogen and oxygen atoms in total.